The Kier molecular flexibility index (Phi) is 7.07. The van der Waals surface area contributed by atoms with Crippen molar-refractivity contribution >= 4 is 17.3 Å². The summed E-state index contributed by atoms with van der Waals surface area (Å²) in [6.07, 6.45) is 5.78. The second kappa shape index (κ2) is 9.29. The topological polar surface area (TPSA) is 74.2 Å². The van der Waals surface area contributed by atoms with Crippen LogP contribution in [-0.4, -0.2) is 25.2 Å². The quantitative estimate of drug-likeness (QED) is 0.795. The number of hydrogen-bond donors (Lipinski definition) is 2. The van der Waals surface area contributed by atoms with Gasteiger partial charge in [-0.15, -0.1) is 0 Å². The van der Waals surface area contributed by atoms with Gasteiger partial charge in [-0.2, -0.15) is 5.26 Å². The fourth-order valence-electron chi connectivity index (χ4n) is 3.03. The van der Waals surface area contributed by atoms with Crippen molar-refractivity contribution in [2.45, 2.75) is 52.1 Å². The molecule has 0 aromatic heterocycles. The molecule has 2 N–H and O–H groups in total. The summed E-state index contributed by atoms with van der Waals surface area (Å²) >= 11 is 0. The van der Waals surface area contributed by atoms with E-state index in [4.69, 9.17) is 10.00 Å². The summed E-state index contributed by atoms with van der Waals surface area (Å²) in [5.74, 6) is 0.331. The van der Waals surface area contributed by atoms with Gasteiger partial charge in [0, 0.05) is 6.54 Å². The minimum Gasteiger partial charge on any atom is -0.383 e. The number of nitrogens with zero attached hydrogens (tertiary/aromatic N) is 1. The minimum absolute atomic E-state index is 0.0546. The summed E-state index contributed by atoms with van der Waals surface area (Å²) in [7, 11) is 0. The lowest BCUT2D eigenvalue weighted by Gasteiger charge is -2.28. The average Bonchev–Trinajstić information content (AvgIpc) is 2.60. The van der Waals surface area contributed by atoms with Crippen LogP contribution in [0.15, 0.2) is 18.2 Å². The first-order valence-electron chi connectivity index (χ1n) is 8.83. The largest absolute Gasteiger partial charge is 0.383 e. The van der Waals surface area contributed by atoms with E-state index in [9.17, 15) is 4.79 Å². The van der Waals surface area contributed by atoms with Gasteiger partial charge in [0.2, 0.25) is 5.91 Å². The number of nitriles is 1. The number of nitrogens with one attached hydrogen (secondary N) is 2. The minimum atomic E-state index is -0.178. The number of carbonyl (C=O) groups excluding carboxylic acids is 1. The highest BCUT2D eigenvalue weighted by Gasteiger charge is 2.22. The molecular weight excluding hydrogens is 302 g/mol. The molecule has 1 aromatic carbocycles. The van der Waals surface area contributed by atoms with Gasteiger partial charge in [0.25, 0.3) is 0 Å². The van der Waals surface area contributed by atoms with Crippen molar-refractivity contribution in [1.82, 2.24) is 0 Å². The maximum Gasteiger partial charge on any atom is 0.250 e. The van der Waals surface area contributed by atoms with E-state index in [0.29, 0.717) is 17.2 Å². The molecule has 1 amide bonds. The fraction of sp³-hybridized carbons (Fsp3) is 0.579. The molecule has 1 aliphatic rings. The summed E-state index contributed by atoms with van der Waals surface area (Å²) < 4.78 is 5.81. The second-order valence-corrected chi connectivity index (χ2v) is 6.46. The highest BCUT2D eigenvalue weighted by Crippen LogP contribution is 2.27. The monoisotopic (exact) mass is 329 g/mol. The second-order valence-electron chi connectivity index (χ2n) is 6.46. The Bertz CT molecular complexity index is 595. The number of hydrogen-bond acceptors (Lipinski definition) is 4. The molecule has 0 radical (unpaired) electrons. The van der Waals surface area contributed by atoms with E-state index in [1.807, 2.05) is 6.07 Å². The van der Waals surface area contributed by atoms with Crippen molar-refractivity contribution in [3.63, 3.8) is 0 Å². The first kappa shape index (κ1) is 18.3. The van der Waals surface area contributed by atoms with Gasteiger partial charge in [0.1, 0.15) is 6.61 Å². The lowest BCUT2D eigenvalue weighted by atomic mass is 9.88. The molecule has 0 bridgehead atoms. The van der Waals surface area contributed by atoms with Gasteiger partial charge in [-0.25, -0.2) is 0 Å². The summed E-state index contributed by atoms with van der Waals surface area (Å²) in [5.41, 5.74) is 1.98. The molecule has 2 unspecified atom stereocenters. The molecule has 1 aliphatic carbocycles. The lowest BCUT2D eigenvalue weighted by molar-refractivity contribution is -0.124. The molecule has 130 valence electrons. The fourth-order valence-corrected chi connectivity index (χ4v) is 3.03. The Labute approximate surface area is 144 Å². The molecule has 0 spiro atoms. The number of benzene rings is 1. The predicted molar refractivity (Wildman–Crippen MR) is 95.9 cm³/mol. The van der Waals surface area contributed by atoms with E-state index in [1.165, 1.54) is 19.3 Å². The van der Waals surface area contributed by atoms with E-state index in [2.05, 4.69) is 30.6 Å². The Balaban J connectivity index is 1.95. The van der Waals surface area contributed by atoms with Crippen LogP contribution in [0.5, 0.6) is 0 Å². The summed E-state index contributed by atoms with van der Waals surface area (Å²) in [6, 6.07) is 7.37. The number of amides is 1. The molecule has 2 atom stereocenters. The van der Waals surface area contributed by atoms with Gasteiger partial charge in [-0.1, -0.05) is 26.7 Å². The molecule has 0 aliphatic heterocycles. The highest BCUT2D eigenvalue weighted by molar-refractivity contribution is 5.95. The molecule has 24 heavy (non-hydrogen) atoms. The third-order valence-corrected chi connectivity index (χ3v) is 4.45. The van der Waals surface area contributed by atoms with Crippen LogP contribution >= 0.6 is 0 Å². The third kappa shape index (κ3) is 5.24. The van der Waals surface area contributed by atoms with Crippen LogP contribution in [0.4, 0.5) is 11.4 Å². The number of rotatable bonds is 7. The van der Waals surface area contributed by atoms with Crippen molar-refractivity contribution in [2.24, 2.45) is 5.92 Å². The summed E-state index contributed by atoms with van der Waals surface area (Å²) in [6.45, 7) is 5.13. The van der Waals surface area contributed by atoms with Gasteiger partial charge in [-0.3, -0.25) is 4.79 Å². The van der Waals surface area contributed by atoms with Crippen LogP contribution in [0.3, 0.4) is 0 Å². The zero-order valence-electron chi connectivity index (χ0n) is 14.6. The number of ether oxygens (including phenoxy) is 1. The highest BCUT2D eigenvalue weighted by atomic mass is 16.5. The zero-order chi connectivity index (χ0) is 17.4. The molecule has 0 heterocycles. The maximum absolute atomic E-state index is 12.2. The maximum atomic E-state index is 12.2. The van der Waals surface area contributed by atoms with Crippen molar-refractivity contribution < 1.29 is 9.53 Å². The molecule has 5 heteroatoms. The normalized spacial score (nSPS) is 20.2. The summed E-state index contributed by atoms with van der Waals surface area (Å²) in [4.78, 5) is 12.2. The van der Waals surface area contributed by atoms with Crippen LogP contribution in [-0.2, 0) is 9.53 Å². The summed E-state index contributed by atoms with van der Waals surface area (Å²) in [5, 5.41) is 15.2. The lowest BCUT2D eigenvalue weighted by Crippen LogP contribution is -2.30. The first-order chi connectivity index (χ1) is 11.6. The Morgan fingerprint density at radius 2 is 2.12 bits per heavy atom. The van der Waals surface area contributed by atoms with E-state index >= 15 is 0 Å². The van der Waals surface area contributed by atoms with Gasteiger partial charge >= 0.3 is 0 Å². The average molecular weight is 329 g/mol. The Morgan fingerprint density at radius 3 is 2.83 bits per heavy atom. The third-order valence-electron chi connectivity index (χ3n) is 4.45. The van der Waals surface area contributed by atoms with Gasteiger partial charge in [-0.05, 0) is 43.4 Å². The van der Waals surface area contributed by atoms with Gasteiger partial charge in [0.05, 0.1) is 29.1 Å². The Hall–Kier alpha value is -2.06. The van der Waals surface area contributed by atoms with Crippen molar-refractivity contribution in [1.29, 1.82) is 5.26 Å². The molecule has 0 saturated heterocycles. The molecule has 5 nitrogen and oxygen atoms in total. The molecular formula is C19H27N3O2. The van der Waals surface area contributed by atoms with E-state index in [-0.39, 0.29) is 18.6 Å². The number of carbonyl (C=O) groups is 1. The molecule has 2 rings (SSSR count). The molecule has 1 saturated carbocycles. The van der Waals surface area contributed by atoms with Crippen LogP contribution in [0.1, 0.15) is 51.5 Å². The van der Waals surface area contributed by atoms with E-state index < -0.39 is 0 Å². The van der Waals surface area contributed by atoms with Crippen molar-refractivity contribution in [3.8, 4) is 6.07 Å². The molecule has 1 fully saturated rings. The standard InChI is InChI=1S/C19H27N3O2/c1-3-10-21-16-9-8-15(12-20)11-17(16)22-19(23)13-24-18-7-5-4-6-14(18)2/h8-9,11,14,18,21H,3-7,10,13H2,1-2H3,(H,22,23). The Morgan fingerprint density at radius 1 is 1.33 bits per heavy atom. The zero-order valence-corrected chi connectivity index (χ0v) is 14.6. The van der Waals surface area contributed by atoms with Crippen LogP contribution in [0, 0.1) is 17.2 Å². The smallest absolute Gasteiger partial charge is 0.250 e. The van der Waals surface area contributed by atoms with Gasteiger partial charge in [0.15, 0.2) is 0 Å². The van der Waals surface area contributed by atoms with Crippen LogP contribution in [0.2, 0.25) is 0 Å². The van der Waals surface area contributed by atoms with Crippen LogP contribution in [0.25, 0.3) is 0 Å². The molecule has 1 aromatic rings. The predicted octanol–water partition coefficient (Wildman–Crippen LogP) is 3.91. The number of anilines is 2. The van der Waals surface area contributed by atoms with E-state index in [1.54, 1.807) is 12.1 Å². The van der Waals surface area contributed by atoms with E-state index in [0.717, 1.165) is 25.1 Å². The van der Waals surface area contributed by atoms with Gasteiger partial charge < -0.3 is 15.4 Å². The van der Waals surface area contributed by atoms with Crippen molar-refractivity contribution in [2.75, 3.05) is 23.8 Å². The first-order valence-corrected chi connectivity index (χ1v) is 8.83. The SMILES string of the molecule is CCCNc1ccc(C#N)cc1NC(=O)COC1CCCCC1C. The van der Waals surface area contributed by atoms with Crippen molar-refractivity contribution in [3.05, 3.63) is 23.8 Å². The van der Waals surface area contributed by atoms with Crippen LogP contribution < -0.4 is 10.6 Å².